The number of benzene rings is 2. The van der Waals surface area contributed by atoms with Gasteiger partial charge in [-0.05, 0) is 37.8 Å². The van der Waals surface area contributed by atoms with Crippen LogP contribution in [0.3, 0.4) is 0 Å². The fourth-order valence-electron chi connectivity index (χ4n) is 2.49. The summed E-state index contributed by atoms with van der Waals surface area (Å²) in [5.41, 5.74) is 7.95. The molecule has 0 aliphatic carbocycles. The van der Waals surface area contributed by atoms with Gasteiger partial charge >= 0.3 is 7.75 Å². The predicted molar refractivity (Wildman–Crippen MR) is 93.2 cm³/mol. The van der Waals surface area contributed by atoms with Crippen molar-refractivity contribution in [1.82, 2.24) is 0 Å². The summed E-state index contributed by atoms with van der Waals surface area (Å²) < 4.78 is 23.3. The van der Waals surface area contributed by atoms with Gasteiger partial charge in [-0.25, -0.2) is 10.1 Å². The SMILES string of the molecule is CC(Cc1ccccc1)OP(N)(=O)OC(C)Cc1ccccc1. The van der Waals surface area contributed by atoms with Gasteiger partial charge in [0.05, 0.1) is 12.2 Å². The van der Waals surface area contributed by atoms with Crippen LogP contribution in [0.25, 0.3) is 0 Å². The number of hydrogen-bond acceptors (Lipinski definition) is 3. The van der Waals surface area contributed by atoms with Crippen molar-refractivity contribution in [3.8, 4) is 0 Å². The van der Waals surface area contributed by atoms with Crippen molar-refractivity contribution >= 4 is 7.75 Å². The van der Waals surface area contributed by atoms with E-state index in [1.54, 1.807) is 0 Å². The molecule has 0 radical (unpaired) electrons. The summed E-state index contributed by atoms with van der Waals surface area (Å²) in [6.07, 6.45) is 0.714. The van der Waals surface area contributed by atoms with E-state index < -0.39 is 7.75 Å². The second kappa shape index (κ2) is 8.42. The van der Waals surface area contributed by atoms with Gasteiger partial charge in [0.25, 0.3) is 0 Å². The Morgan fingerprint density at radius 2 is 1.17 bits per heavy atom. The molecule has 2 N–H and O–H groups in total. The maximum absolute atomic E-state index is 12.3. The first-order chi connectivity index (χ1) is 10.9. The summed E-state index contributed by atoms with van der Waals surface area (Å²) in [5.74, 6) is 0. The molecule has 0 aromatic heterocycles. The average molecular weight is 333 g/mol. The summed E-state index contributed by atoms with van der Waals surface area (Å²) in [4.78, 5) is 0. The zero-order valence-corrected chi connectivity index (χ0v) is 14.5. The Hall–Kier alpha value is -1.45. The van der Waals surface area contributed by atoms with Gasteiger partial charge in [-0.3, -0.25) is 9.05 Å². The normalized spacial score (nSPS) is 16.5. The topological polar surface area (TPSA) is 61.5 Å². The molecular weight excluding hydrogens is 309 g/mol. The number of nitrogens with two attached hydrogens (primary N) is 1. The van der Waals surface area contributed by atoms with Crippen molar-refractivity contribution in [3.63, 3.8) is 0 Å². The predicted octanol–water partition coefficient (Wildman–Crippen LogP) is 4.35. The Bertz CT molecular complexity index is 580. The standard InChI is InChI=1S/C18H24NO3P/c1-15(13-17-9-5-3-6-10-17)21-23(19,20)22-16(2)14-18-11-7-4-8-12-18/h3-12,15-16H,13-14H2,1-2H3,(H2,19,20). The monoisotopic (exact) mass is 333 g/mol. The molecular formula is C18H24NO3P. The molecule has 0 spiro atoms. The Balaban J connectivity index is 1.84. The molecule has 0 aliphatic heterocycles. The van der Waals surface area contributed by atoms with Crippen LogP contribution >= 0.6 is 7.75 Å². The summed E-state index contributed by atoms with van der Waals surface area (Å²) in [7, 11) is -3.58. The molecule has 0 heterocycles. The highest BCUT2D eigenvalue weighted by Crippen LogP contribution is 2.42. The summed E-state index contributed by atoms with van der Waals surface area (Å²) in [6.45, 7) is 3.69. The molecule has 0 amide bonds. The third-order valence-corrected chi connectivity index (χ3v) is 4.69. The van der Waals surface area contributed by atoms with E-state index in [9.17, 15) is 4.57 Å². The van der Waals surface area contributed by atoms with Crippen LogP contribution in [0.2, 0.25) is 0 Å². The molecule has 2 unspecified atom stereocenters. The zero-order valence-electron chi connectivity index (χ0n) is 13.6. The number of rotatable bonds is 8. The first kappa shape index (κ1) is 17.9. The van der Waals surface area contributed by atoms with Gasteiger partial charge in [-0.1, -0.05) is 60.7 Å². The highest BCUT2D eigenvalue weighted by molar-refractivity contribution is 7.51. The van der Waals surface area contributed by atoms with E-state index in [4.69, 9.17) is 14.6 Å². The third-order valence-electron chi connectivity index (χ3n) is 3.39. The maximum Gasteiger partial charge on any atom is 0.403 e. The van der Waals surface area contributed by atoms with Crippen LogP contribution in [0.15, 0.2) is 60.7 Å². The van der Waals surface area contributed by atoms with Gasteiger partial charge < -0.3 is 0 Å². The lowest BCUT2D eigenvalue weighted by atomic mass is 10.1. The van der Waals surface area contributed by atoms with Gasteiger partial charge in [0.15, 0.2) is 0 Å². The molecule has 124 valence electrons. The Labute approximate surface area is 138 Å². The Kier molecular flexibility index (Phi) is 6.55. The highest BCUT2D eigenvalue weighted by Gasteiger charge is 2.25. The lowest BCUT2D eigenvalue weighted by Gasteiger charge is -2.22. The van der Waals surface area contributed by atoms with Crippen molar-refractivity contribution in [3.05, 3.63) is 71.8 Å². The highest BCUT2D eigenvalue weighted by atomic mass is 31.2. The molecule has 2 rings (SSSR count). The van der Waals surface area contributed by atoms with Crippen molar-refractivity contribution in [2.75, 3.05) is 0 Å². The van der Waals surface area contributed by atoms with Gasteiger partial charge in [-0.15, -0.1) is 0 Å². The largest absolute Gasteiger partial charge is 0.403 e. The molecule has 2 aromatic carbocycles. The lowest BCUT2D eigenvalue weighted by Crippen LogP contribution is -2.19. The molecule has 0 aliphatic rings. The molecule has 0 bridgehead atoms. The molecule has 2 atom stereocenters. The fourth-order valence-corrected chi connectivity index (χ4v) is 3.70. The molecule has 23 heavy (non-hydrogen) atoms. The van der Waals surface area contributed by atoms with Crippen LogP contribution in [-0.2, 0) is 26.5 Å². The van der Waals surface area contributed by atoms with E-state index in [0.717, 1.165) is 11.1 Å². The van der Waals surface area contributed by atoms with Crippen molar-refractivity contribution in [1.29, 1.82) is 0 Å². The zero-order chi connectivity index (χ0) is 16.7. The van der Waals surface area contributed by atoms with E-state index in [-0.39, 0.29) is 12.2 Å². The first-order valence-electron chi connectivity index (χ1n) is 7.78. The third kappa shape index (κ3) is 6.67. The second-order valence-electron chi connectivity index (χ2n) is 5.75. The van der Waals surface area contributed by atoms with E-state index in [2.05, 4.69) is 0 Å². The lowest BCUT2D eigenvalue weighted by molar-refractivity contribution is 0.127. The van der Waals surface area contributed by atoms with E-state index in [1.165, 1.54) is 0 Å². The minimum Gasteiger partial charge on any atom is -0.294 e. The molecule has 2 aromatic rings. The van der Waals surface area contributed by atoms with Gasteiger partial charge in [-0.2, -0.15) is 0 Å². The molecule has 5 heteroatoms. The van der Waals surface area contributed by atoms with Crippen molar-refractivity contribution in [2.45, 2.75) is 38.9 Å². The average Bonchev–Trinajstić information content (AvgIpc) is 2.47. The second-order valence-corrected chi connectivity index (χ2v) is 7.25. The quantitative estimate of drug-likeness (QED) is 0.730. The van der Waals surface area contributed by atoms with Crippen LogP contribution in [0.5, 0.6) is 0 Å². The summed E-state index contributed by atoms with van der Waals surface area (Å²) in [5, 5.41) is 0. The minimum absolute atomic E-state index is 0.280. The fraction of sp³-hybridized carbons (Fsp3) is 0.333. The van der Waals surface area contributed by atoms with E-state index >= 15 is 0 Å². The first-order valence-corrected chi connectivity index (χ1v) is 9.39. The van der Waals surface area contributed by atoms with Gasteiger partial charge in [0, 0.05) is 0 Å². The summed E-state index contributed by atoms with van der Waals surface area (Å²) in [6, 6.07) is 19.8. The van der Waals surface area contributed by atoms with Crippen LogP contribution in [0.4, 0.5) is 0 Å². The Morgan fingerprint density at radius 3 is 1.52 bits per heavy atom. The maximum atomic E-state index is 12.3. The van der Waals surface area contributed by atoms with Crippen molar-refractivity contribution < 1.29 is 13.6 Å². The van der Waals surface area contributed by atoms with Gasteiger partial charge in [0.2, 0.25) is 0 Å². The number of hydrogen-bond donors (Lipinski definition) is 1. The van der Waals surface area contributed by atoms with Crippen LogP contribution in [-0.4, -0.2) is 12.2 Å². The summed E-state index contributed by atoms with van der Waals surface area (Å²) >= 11 is 0. The van der Waals surface area contributed by atoms with E-state index in [0.29, 0.717) is 12.8 Å². The molecule has 0 fully saturated rings. The van der Waals surface area contributed by atoms with Crippen LogP contribution in [0, 0.1) is 0 Å². The van der Waals surface area contributed by atoms with Crippen LogP contribution < -0.4 is 5.50 Å². The van der Waals surface area contributed by atoms with Gasteiger partial charge in [0.1, 0.15) is 0 Å². The molecule has 0 saturated carbocycles. The molecule has 4 nitrogen and oxygen atoms in total. The smallest absolute Gasteiger partial charge is 0.294 e. The van der Waals surface area contributed by atoms with E-state index in [1.807, 2.05) is 74.5 Å². The molecule has 0 saturated heterocycles. The Morgan fingerprint density at radius 1 is 0.826 bits per heavy atom. The van der Waals surface area contributed by atoms with Crippen molar-refractivity contribution in [2.24, 2.45) is 5.50 Å². The minimum atomic E-state index is -3.58. The van der Waals surface area contributed by atoms with Crippen LogP contribution in [0.1, 0.15) is 25.0 Å².